The van der Waals surface area contributed by atoms with Gasteiger partial charge in [0.1, 0.15) is 23.5 Å². The first kappa shape index (κ1) is 29.4. The maximum Gasteiger partial charge on any atom is 0.340 e. The van der Waals surface area contributed by atoms with Crippen molar-refractivity contribution in [2.45, 2.75) is 52.1 Å². The van der Waals surface area contributed by atoms with Crippen molar-refractivity contribution in [1.29, 1.82) is 0 Å². The highest BCUT2D eigenvalue weighted by molar-refractivity contribution is 6.74. The second-order valence-corrected chi connectivity index (χ2v) is 16.8. The first-order valence-corrected chi connectivity index (χ1v) is 16.9. The molecule has 218 valence electrons. The molecule has 3 heterocycles. The molecule has 0 aliphatic carbocycles. The van der Waals surface area contributed by atoms with Crippen LogP contribution < -0.4 is 4.74 Å². The third-order valence-corrected chi connectivity index (χ3v) is 12.8. The van der Waals surface area contributed by atoms with Crippen molar-refractivity contribution in [3.63, 3.8) is 0 Å². The Labute approximate surface area is 247 Å². The first-order valence-electron chi connectivity index (χ1n) is 14.0. The van der Waals surface area contributed by atoms with Gasteiger partial charge in [-0.15, -0.1) is 0 Å². The lowest BCUT2D eigenvalue weighted by Crippen LogP contribution is -2.40. The first-order chi connectivity index (χ1) is 20.0. The van der Waals surface area contributed by atoms with Crippen LogP contribution in [0.3, 0.4) is 0 Å². The minimum atomic E-state index is -2.04. The summed E-state index contributed by atoms with van der Waals surface area (Å²) in [6.45, 7) is 11.9. The predicted octanol–water partition coefficient (Wildman–Crippen LogP) is 7.87. The lowest BCUT2D eigenvalue weighted by atomic mass is 10.0. The molecule has 5 aromatic rings. The van der Waals surface area contributed by atoms with E-state index in [4.69, 9.17) is 18.6 Å². The van der Waals surface area contributed by atoms with Crippen LogP contribution in [0.4, 0.5) is 0 Å². The fraction of sp³-hybridized carbons (Fsp3) is 0.294. The van der Waals surface area contributed by atoms with E-state index in [1.54, 1.807) is 0 Å². The minimum absolute atomic E-state index is 0.0531. The van der Waals surface area contributed by atoms with Gasteiger partial charge >= 0.3 is 11.9 Å². The molecule has 42 heavy (non-hydrogen) atoms. The Kier molecular flexibility index (Phi) is 7.87. The minimum Gasteiger partial charge on any atom is -0.489 e. The Hall–Kier alpha value is -4.14. The van der Waals surface area contributed by atoms with Gasteiger partial charge in [-0.25, -0.2) is 9.59 Å². The molecule has 5 rings (SSSR count). The topological polar surface area (TPSA) is 75.5 Å². The van der Waals surface area contributed by atoms with E-state index < -0.39 is 20.3 Å². The summed E-state index contributed by atoms with van der Waals surface area (Å²) in [5.74, 6) is -0.470. The molecule has 0 amide bonds. The van der Waals surface area contributed by atoms with Crippen molar-refractivity contribution in [2.24, 2.45) is 0 Å². The monoisotopic (exact) mass is 583 g/mol. The Balaban J connectivity index is 1.63. The summed E-state index contributed by atoms with van der Waals surface area (Å²) in [4.78, 5) is 26.3. The Morgan fingerprint density at radius 1 is 0.786 bits per heavy atom. The van der Waals surface area contributed by atoms with Crippen molar-refractivity contribution >= 4 is 36.8 Å². The highest BCUT2D eigenvalue weighted by atomic mass is 28.4. The number of hydrogen-bond acceptors (Lipinski definition) is 6. The van der Waals surface area contributed by atoms with Gasteiger partial charge < -0.3 is 23.0 Å². The van der Waals surface area contributed by atoms with E-state index in [0.717, 1.165) is 33.5 Å². The van der Waals surface area contributed by atoms with E-state index in [0.29, 0.717) is 24.2 Å². The molecule has 8 heteroatoms. The Bertz CT molecular complexity index is 1730. The molecule has 0 atom stereocenters. The SMILES string of the molecule is COC(=O)c1c(C(=O)OC)c2c(-c3ccc(OCc4ccccc4)cc3)cc3c(CO[Si](C)(C)C(C)(C)C)ccc1n32. The molecule has 3 aromatic heterocycles. The van der Waals surface area contributed by atoms with Crippen LogP contribution in [0.1, 0.15) is 52.6 Å². The standard InChI is InChI=1S/C34H37NO6Si/c1-34(2,3)42(6,7)41-21-24-15-18-27-29(32(36)38-4)30(33(37)39-5)31-26(19-28(24)35(27)31)23-13-16-25(17-14-23)40-20-22-11-9-8-10-12-22/h8-19H,20-21H2,1-7H3. The van der Waals surface area contributed by atoms with Gasteiger partial charge in [0, 0.05) is 11.1 Å². The number of aromatic nitrogens is 1. The number of hydrogen-bond donors (Lipinski definition) is 0. The molecule has 2 aromatic carbocycles. The van der Waals surface area contributed by atoms with Crippen LogP contribution in [0.5, 0.6) is 5.75 Å². The summed E-state index contributed by atoms with van der Waals surface area (Å²) in [7, 11) is 0.587. The summed E-state index contributed by atoms with van der Waals surface area (Å²) >= 11 is 0. The van der Waals surface area contributed by atoms with Gasteiger partial charge in [-0.05, 0) is 53.5 Å². The zero-order valence-corrected chi connectivity index (χ0v) is 26.2. The van der Waals surface area contributed by atoms with Gasteiger partial charge in [0.15, 0.2) is 8.32 Å². The molecular weight excluding hydrogens is 546 g/mol. The van der Waals surface area contributed by atoms with E-state index in [1.165, 1.54) is 14.2 Å². The van der Waals surface area contributed by atoms with Gasteiger partial charge in [0.05, 0.1) is 37.4 Å². The third kappa shape index (κ3) is 5.28. The van der Waals surface area contributed by atoms with E-state index in [2.05, 4.69) is 39.9 Å². The second-order valence-electron chi connectivity index (χ2n) is 12.0. The molecule has 0 N–H and O–H groups in total. The lowest BCUT2D eigenvalue weighted by Gasteiger charge is -2.36. The Morgan fingerprint density at radius 3 is 2.05 bits per heavy atom. The fourth-order valence-corrected chi connectivity index (χ4v) is 5.87. The smallest absolute Gasteiger partial charge is 0.340 e. The predicted molar refractivity (Wildman–Crippen MR) is 167 cm³/mol. The van der Waals surface area contributed by atoms with Gasteiger partial charge in [-0.3, -0.25) is 0 Å². The summed E-state index contributed by atoms with van der Waals surface area (Å²) in [5, 5.41) is 0.0531. The number of pyridine rings is 1. The third-order valence-electron chi connectivity index (χ3n) is 8.34. The second kappa shape index (κ2) is 11.3. The maximum atomic E-state index is 13.2. The zero-order chi connectivity index (χ0) is 30.2. The van der Waals surface area contributed by atoms with Crippen molar-refractivity contribution in [1.82, 2.24) is 4.40 Å². The van der Waals surface area contributed by atoms with Gasteiger partial charge in [-0.2, -0.15) is 0 Å². The molecule has 0 radical (unpaired) electrons. The number of ether oxygens (including phenoxy) is 3. The van der Waals surface area contributed by atoms with E-state index in [1.807, 2.05) is 71.1 Å². The average molecular weight is 584 g/mol. The quantitative estimate of drug-likeness (QED) is 0.130. The largest absolute Gasteiger partial charge is 0.489 e. The van der Waals surface area contributed by atoms with Gasteiger partial charge in [0.25, 0.3) is 0 Å². The average Bonchev–Trinajstić information content (AvgIpc) is 3.54. The van der Waals surface area contributed by atoms with E-state index >= 15 is 0 Å². The van der Waals surface area contributed by atoms with Gasteiger partial charge in [-0.1, -0.05) is 69.3 Å². The molecule has 0 aliphatic heterocycles. The van der Waals surface area contributed by atoms with Crippen LogP contribution >= 0.6 is 0 Å². The van der Waals surface area contributed by atoms with Crippen molar-refractivity contribution in [3.05, 3.63) is 95.1 Å². The summed E-state index contributed by atoms with van der Waals surface area (Å²) < 4.78 is 24.8. The maximum absolute atomic E-state index is 13.2. The molecule has 0 saturated heterocycles. The van der Waals surface area contributed by atoms with Gasteiger partial charge in [0.2, 0.25) is 0 Å². The zero-order valence-electron chi connectivity index (χ0n) is 25.2. The van der Waals surface area contributed by atoms with Crippen molar-refractivity contribution in [3.8, 4) is 16.9 Å². The van der Waals surface area contributed by atoms with E-state index in [-0.39, 0.29) is 16.2 Å². The van der Waals surface area contributed by atoms with Crippen LogP contribution in [0.2, 0.25) is 18.1 Å². The van der Waals surface area contributed by atoms with Crippen molar-refractivity contribution < 1.29 is 28.2 Å². The molecule has 7 nitrogen and oxygen atoms in total. The number of methoxy groups -OCH3 is 2. The molecule has 0 spiro atoms. The molecule has 0 fully saturated rings. The molecule has 0 bridgehead atoms. The van der Waals surface area contributed by atoms with Crippen LogP contribution in [-0.4, -0.2) is 38.9 Å². The number of carbonyl (C=O) groups is 2. The summed E-state index contributed by atoms with van der Waals surface area (Å²) in [6.07, 6.45) is 0. The van der Waals surface area contributed by atoms with E-state index in [9.17, 15) is 9.59 Å². The summed E-state index contributed by atoms with van der Waals surface area (Å²) in [6, 6.07) is 23.6. The molecular formula is C34H37NO6Si. The molecule has 0 aliphatic rings. The van der Waals surface area contributed by atoms with Crippen LogP contribution in [0, 0.1) is 0 Å². The number of carbonyl (C=O) groups excluding carboxylic acids is 2. The Morgan fingerprint density at radius 2 is 1.43 bits per heavy atom. The van der Waals surface area contributed by atoms with Crippen LogP contribution in [0.25, 0.3) is 27.7 Å². The number of esters is 2. The molecule has 0 unspecified atom stereocenters. The summed E-state index contributed by atoms with van der Waals surface area (Å²) in [5.41, 5.74) is 6.12. The fourth-order valence-electron chi connectivity index (χ4n) is 4.92. The highest BCUT2D eigenvalue weighted by Crippen LogP contribution is 2.41. The lowest BCUT2D eigenvalue weighted by molar-refractivity contribution is 0.0559. The number of benzene rings is 2. The van der Waals surface area contributed by atoms with Crippen LogP contribution in [0.15, 0.2) is 72.8 Å². The number of rotatable bonds is 9. The highest BCUT2D eigenvalue weighted by Gasteiger charge is 2.37. The number of nitrogens with zero attached hydrogens (tertiary/aromatic N) is 1. The molecule has 0 saturated carbocycles. The van der Waals surface area contributed by atoms with Crippen molar-refractivity contribution in [2.75, 3.05) is 14.2 Å². The normalized spacial score (nSPS) is 12.2. The van der Waals surface area contributed by atoms with Crippen LogP contribution in [-0.2, 0) is 27.1 Å².